The number of carbonyl (C=O) groups is 1. The van der Waals surface area contributed by atoms with E-state index in [9.17, 15) is 14.9 Å². The maximum absolute atomic E-state index is 12.5. The van der Waals surface area contributed by atoms with Crippen molar-refractivity contribution in [2.24, 2.45) is 0 Å². The van der Waals surface area contributed by atoms with Crippen LogP contribution in [0.25, 0.3) is 0 Å². The van der Waals surface area contributed by atoms with Gasteiger partial charge in [-0.2, -0.15) is 0 Å². The summed E-state index contributed by atoms with van der Waals surface area (Å²) in [5.41, 5.74) is 0.728. The average Bonchev–Trinajstić information content (AvgIpc) is 3.09. The Morgan fingerprint density at radius 2 is 2.00 bits per heavy atom. The van der Waals surface area contributed by atoms with Gasteiger partial charge in [0.05, 0.1) is 24.2 Å². The molecule has 1 aromatic carbocycles. The second-order valence-electron chi connectivity index (χ2n) is 6.58. The molecule has 1 atom stereocenters. The molecule has 0 spiro atoms. The zero-order valence-corrected chi connectivity index (χ0v) is 15.4. The predicted octanol–water partition coefficient (Wildman–Crippen LogP) is 2.61. The summed E-state index contributed by atoms with van der Waals surface area (Å²) in [6.45, 7) is 6.63. The molecule has 144 valence electrons. The van der Waals surface area contributed by atoms with Crippen molar-refractivity contribution >= 4 is 11.6 Å². The molecule has 3 rings (SSSR count). The highest BCUT2D eigenvalue weighted by atomic mass is 16.6. The van der Waals surface area contributed by atoms with Crippen molar-refractivity contribution in [3.05, 3.63) is 63.1 Å². The van der Waals surface area contributed by atoms with Crippen LogP contribution in [0.15, 0.2) is 34.7 Å². The Morgan fingerprint density at radius 3 is 2.63 bits per heavy atom. The third kappa shape index (κ3) is 4.53. The highest BCUT2D eigenvalue weighted by molar-refractivity contribution is 5.95. The van der Waals surface area contributed by atoms with Gasteiger partial charge in [-0.1, -0.05) is 6.07 Å². The first-order valence-electron chi connectivity index (χ1n) is 8.87. The summed E-state index contributed by atoms with van der Waals surface area (Å²) in [4.78, 5) is 25.4. The number of rotatable bonds is 6. The SMILES string of the molecule is Cc1ccc([C@H](CNC(=O)c2ccc(C)c([N+](=O)[O-])c2)N2CCOCC2)o1. The van der Waals surface area contributed by atoms with E-state index < -0.39 is 4.92 Å². The van der Waals surface area contributed by atoms with Crippen LogP contribution in [-0.4, -0.2) is 48.6 Å². The quantitative estimate of drug-likeness (QED) is 0.617. The van der Waals surface area contributed by atoms with Crippen molar-refractivity contribution in [2.75, 3.05) is 32.8 Å². The molecular weight excluding hydrogens is 350 g/mol. The molecule has 1 aliphatic heterocycles. The second-order valence-corrected chi connectivity index (χ2v) is 6.58. The lowest BCUT2D eigenvalue weighted by Crippen LogP contribution is -2.43. The van der Waals surface area contributed by atoms with E-state index in [1.165, 1.54) is 6.07 Å². The van der Waals surface area contributed by atoms with Gasteiger partial charge in [-0.3, -0.25) is 19.8 Å². The van der Waals surface area contributed by atoms with E-state index >= 15 is 0 Å². The van der Waals surface area contributed by atoms with E-state index in [0.717, 1.165) is 24.6 Å². The van der Waals surface area contributed by atoms with Gasteiger partial charge < -0.3 is 14.5 Å². The van der Waals surface area contributed by atoms with Crippen molar-refractivity contribution < 1.29 is 18.9 Å². The summed E-state index contributed by atoms with van der Waals surface area (Å²) in [5, 5.41) is 14.0. The number of carbonyl (C=O) groups excluding carboxylic acids is 1. The van der Waals surface area contributed by atoms with Crippen LogP contribution < -0.4 is 5.32 Å². The van der Waals surface area contributed by atoms with Crippen molar-refractivity contribution in [3.8, 4) is 0 Å². The Hall–Kier alpha value is -2.71. The molecule has 0 saturated carbocycles. The van der Waals surface area contributed by atoms with Gasteiger partial charge in [0.2, 0.25) is 0 Å². The monoisotopic (exact) mass is 373 g/mol. The summed E-state index contributed by atoms with van der Waals surface area (Å²) in [6.07, 6.45) is 0. The van der Waals surface area contributed by atoms with Gasteiger partial charge in [-0.25, -0.2) is 0 Å². The van der Waals surface area contributed by atoms with Gasteiger partial charge >= 0.3 is 0 Å². The van der Waals surface area contributed by atoms with E-state index in [2.05, 4.69) is 10.2 Å². The Labute approximate surface area is 157 Å². The van der Waals surface area contributed by atoms with Crippen LogP contribution in [0, 0.1) is 24.0 Å². The number of hydrogen-bond donors (Lipinski definition) is 1. The minimum atomic E-state index is -0.478. The standard InChI is InChI=1S/C19H23N3O5/c1-13-3-5-15(11-16(13)22(24)25)19(23)20-12-17(18-6-4-14(2)27-18)21-7-9-26-10-8-21/h3-6,11,17H,7-10,12H2,1-2H3,(H,20,23)/t17-/m0/s1. The van der Waals surface area contributed by atoms with Gasteiger partial charge in [0.15, 0.2) is 0 Å². The van der Waals surface area contributed by atoms with E-state index in [4.69, 9.17) is 9.15 Å². The number of nitrogens with one attached hydrogen (secondary N) is 1. The molecule has 27 heavy (non-hydrogen) atoms. The Morgan fingerprint density at radius 1 is 1.26 bits per heavy atom. The molecule has 0 unspecified atom stereocenters. The molecular formula is C19H23N3O5. The van der Waals surface area contributed by atoms with Crippen LogP contribution in [0.4, 0.5) is 5.69 Å². The minimum Gasteiger partial charge on any atom is -0.465 e. The fourth-order valence-corrected chi connectivity index (χ4v) is 3.17. The lowest BCUT2D eigenvalue weighted by molar-refractivity contribution is -0.385. The van der Waals surface area contributed by atoms with Crippen molar-refractivity contribution in [1.82, 2.24) is 10.2 Å². The van der Waals surface area contributed by atoms with E-state index in [0.29, 0.717) is 25.3 Å². The van der Waals surface area contributed by atoms with Crippen LogP contribution in [0.5, 0.6) is 0 Å². The summed E-state index contributed by atoms with van der Waals surface area (Å²) in [6, 6.07) is 8.19. The van der Waals surface area contributed by atoms with Gasteiger partial charge in [0.25, 0.3) is 11.6 Å². The van der Waals surface area contributed by atoms with Crippen LogP contribution in [0.1, 0.15) is 33.5 Å². The van der Waals surface area contributed by atoms with Gasteiger partial charge in [-0.15, -0.1) is 0 Å². The molecule has 0 bridgehead atoms. The zero-order valence-electron chi connectivity index (χ0n) is 15.4. The predicted molar refractivity (Wildman–Crippen MR) is 98.7 cm³/mol. The summed E-state index contributed by atoms with van der Waals surface area (Å²) in [5.74, 6) is 1.24. The highest BCUT2D eigenvalue weighted by Gasteiger charge is 2.26. The lowest BCUT2D eigenvalue weighted by atomic mass is 10.1. The number of benzene rings is 1. The number of amides is 1. The van der Waals surface area contributed by atoms with Crippen molar-refractivity contribution in [3.63, 3.8) is 0 Å². The number of ether oxygens (including phenoxy) is 1. The van der Waals surface area contributed by atoms with Crippen molar-refractivity contribution in [1.29, 1.82) is 0 Å². The zero-order chi connectivity index (χ0) is 19.4. The van der Waals surface area contributed by atoms with Crippen molar-refractivity contribution in [2.45, 2.75) is 19.9 Å². The molecule has 2 aromatic rings. The third-order valence-corrected chi connectivity index (χ3v) is 4.70. The molecule has 0 radical (unpaired) electrons. The number of aryl methyl sites for hydroxylation is 2. The summed E-state index contributed by atoms with van der Waals surface area (Å²) in [7, 11) is 0. The van der Waals surface area contributed by atoms with Crippen LogP contribution in [-0.2, 0) is 4.74 Å². The molecule has 1 aliphatic rings. The second kappa shape index (κ2) is 8.32. The van der Waals surface area contributed by atoms with Crippen LogP contribution >= 0.6 is 0 Å². The molecule has 1 aromatic heterocycles. The fraction of sp³-hybridized carbons (Fsp3) is 0.421. The van der Waals surface area contributed by atoms with E-state index in [1.54, 1.807) is 19.1 Å². The molecule has 1 saturated heterocycles. The molecule has 1 N–H and O–H groups in total. The molecule has 1 fully saturated rings. The van der Waals surface area contributed by atoms with Crippen LogP contribution in [0.3, 0.4) is 0 Å². The maximum Gasteiger partial charge on any atom is 0.273 e. The maximum atomic E-state index is 12.5. The van der Waals surface area contributed by atoms with Gasteiger partial charge in [-0.05, 0) is 32.0 Å². The number of furan rings is 1. The number of hydrogen-bond acceptors (Lipinski definition) is 6. The van der Waals surface area contributed by atoms with E-state index in [1.807, 2.05) is 19.1 Å². The number of nitro benzene ring substituents is 1. The summed E-state index contributed by atoms with van der Waals surface area (Å²) < 4.78 is 11.2. The lowest BCUT2D eigenvalue weighted by Gasteiger charge is -2.33. The van der Waals surface area contributed by atoms with E-state index in [-0.39, 0.29) is 23.2 Å². The number of morpholine rings is 1. The fourth-order valence-electron chi connectivity index (χ4n) is 3.17. The normalized spacial score (nSPS) is 16.1. The largest absolute Gasteiger partial charge is 0.465 e. The average molecular weight is 373 g/mol. The topological polar surface area (TPSA) is 97.8 Å². The number of nitro groups is 1. The van der Waals surface area contributed by atoms with Crippen LogP contribution in [0.2, 0.25) is 0 Å². The molecule has 2 heterocycles. The first-order chi connectivity index (χ1) is 13.0. The highest BCUT2D eigenvalue weighted by Crippen LogP contribution is 2.24. The summed E-state index contributed by atoms with van der Waals surface area (Å²) >= 11 is 0. The smallest absolute Gasteiger partial charge is 0.273 e. The number of nitrogens with zero attached hydrogens (tertiary/aromatic N) is 2. The molecule has 8 nitrogen and oxygen atoms in total. The first kappa shape index (κ1) is 19.1. The Bertz CT molecular complexity index is 827. The molecule has 8 heteroatoms. The minimum absolute atomic E-state index is 0.0611. The Balaban J connectivity index is 1.74. The third-order valence-electron chi connectivity index (χ3n) is 4.70. The Kier molecular flexibility index (Phi) is 5.88. The van der Waals surface area contributed by atoms with Gasteiger partial charge in [0, 0.05) is 36.8 Å². The molecule has 1 amide bonds. The van der Waals surface area contributed by atoms with Gasteiger partial charge in [0.1, 0.15) is 11.5 Å². The molecule has 0 aliphatic carbocycles. The first-order valence-corrected chi connectivity index (χ1v) is 8.87.